The minimum absolute atomic E-state index is 0.0234. The van der Waals surface area contributed by atoms with Gasteiger partial charge in [0, 0.05) is 28.2 Å². The second-order valence-corrected chi connectivity index (χ2v) is 9.10. The summed E-state index contributed by atoms with van der Waals surface area (Å²) in [7, 11) is -3.98. The summed E-state index contributed by atoms with van der Waals surface area (Å²) in [5, 5.41) is 11.2. The molecule has 29 heavy (non-hydrogen) atoms. The van der Waals surface area contributed by atoms with Gasteiger partial charge in [0.15, 0.2) is 0 Å². The van der Waals surface area contributed by atoms with Crippen LogP contribution in [0.2, 0.25) is 5.02 Å². The third kappa shape index (κ3) is 3.89. The second-order valence-electron chi connectivity index (χ2n) is 6.95. The zero-order chi connectivity index (χ0) is 20.6. The van der Waals surface area contributed by atoms with Crippen LogP contribution in [0.5, 0.6) is 0 Å². The van der Waals surface area contributed by atoms with Crippen molar-refractivity contribution in [2.45, 2.75) is 23.9 Å². The molecular weight excluding hydrogens is 414 g/mol. The van der Waals surface area contributed by atoms with Crippen molar-refractivity contribution < 1.29 is 18.3 Å². The summed E-state index contributed by atoms with van der Waals surface area (Å²) in [4.78, 5) is 17.8. The van der Waals surface area contributed by atoms with E-state index in [9.17, 15) is 18.3 Å². The lowest BCUT2D eigenvalue weighted by Crippen LogP contribution is -2.51. The van der Waals surface area contributed by atoms with Crippen LogP contribution < -0.4 is 4.72 Å². The molecule has 4 rings (SSSR count). The third-order valence-electron chi connectivity index (χ3n) is 5.10. The first kappa shape index (κ1) is 19.9. The van der Waals surface area contributed by atoms with Gasteiger partial charge in [-0.05, 0) is 42.3 Å². The van der Waals surface area contributed by atoms with E-state index in [4.69, 9.17) is 11.6 Å². The van der Waals surface area contributed by atoms with Gasteiger partial charge in [-0.25, -0.2) is 8.42 Å². The first-order chi connectivity index (χ1) is 13.9. The van der Waals surface area contributed by atoms with E-state index in [2.05, 4.69) is 9.71 Å². The number of amides is 1. The molecule has 0 saturated heterocycles. The molecule has 0 saturated carbocycles. The maximum absolute atomic E-state index is 12.9. The standard InChI is InChI=1S/C20H20ClN3O4S/c21-13-5-7-14(8-6-13)29(27,28)23-19(12-25)20(26)24-10-9-16-15-3-1-2-4-17(15)22-18(16)11-24/h1-8,19,22-23,25H,9-12H2/t19-/m0/s1. The maximum Gasteiger partial charge on any atom is 0.243 e. The number of nitrogens with one attached hydrogen (secondary N) is 2. The van der Waals surface area contributed by atoms with Crippen molar-refractivity contribution >= 4 is 38.4 Å². The number of hydrogen-bond donors (Lipinski definition) is 3. The summed E-state index contributed by atoms with van der Waals surface area (Å²) in [6, 6.07) is 12.3. The van der Waals surface area contributed by atoms with Crippen LogP contribution in [0.3, 0.4) is 0 Å². The number of aromatic nitrogens is 1. The quantitative estimate of drug-likeness (QED) is 0.573. The van der Waals surface area contributed by atoms with Crippen LogP contribution >= 0.6 is 11.6 Å². The smallest absolute Gasteiger partial charge is 0.243 e. The Hall–Kier alpha value is -2.39. The highest BCUT2D eigenvalue weighted by molar-refractivity contribution is 7.89. The average molecular weight is 434 g/mol. The minimum Gasteiger partial charge on any atom is -0.394 e. The summed E-state index contributed by atoms with van der Waals surface area (Å²) in [6.45, 7) is 0.149. The highest BCUT2D eigenvalue weighted by Gasteiger charge is 2.31. The number of rotatable bonds is 5. The topological polar surface area (TPSA) is 102 Å². The number of benzene rings is 2. The van der Waals surface area contributed by atoms with Crippen molar-refractivity contribution in [1.82, 2.24) is 14.6 Å². The zero-order valence-electron chi connectivity index (χ0n) is 15.4. The molecule has 3 N–H and O–H groups in total. The van der Waals surface area contributed by atoms with Crippen LogP contribution in [0.1, 0.15) is 11.3 Å². The minimum atomic E-state index is -3.98. The molecule has 1 aliphatic rings. The molecule has 0 radical (unpaired) electrons. The Morgan fingerprint density at radius 2 is 1.93 bits per heavy atom. The lowest BCUT2D eigenvalue weighted by molar-refractivity contribution is -0.134. The fraction of sp³-hybridized carbons (Fsp3) is 0.250. The number of aromatic amines is 1. The monoisotopic (exact) mass is 433 g/mol. The van der Waals surface area contributed by atoms with Gasteiger partial charge in [0.25, 0.3) is 0 Å². The van der Waals surface area contributed by atoms with Crippen molar-refractivity contribution in [3.8, 4) is 0 Å². The van der Waals surface area contributed by atoms with Crippen LogP contribution in [0.25, 0.3) is 10.9 Å². The van der Waals surface area contributed by atoms with Crippen molar-refractivity contribution in [2.75, 3.05) is 13.2 Å². The maximum atomic E-state index is 12.9. The van der Waals surface area contributed by atoms with E-state index in [1.807, 2.05) is 24.3 Å². The Morgan fingerprint density at radius 1 is 1.21 bits per heavy atom. The summed E-state index contributed by atoms with van der Waals surface area (Å²) in [5.74, 6) is -0.464. The number of hydrogen-bond acceptors (Lipinski definition) is 4. The summed E-state index contributed by atoms with van der Waals surface area (Å²) in [5.41, 5.74) is 3.11. The Kier molecular flexibility index (Phi) is 5.35. The zero-order valence-corrected chi connectivity index (χ0v) is 17.0. The average Bonchev–Trinajstić information content (AvgIpc) is 3.09. The predicted octanol–water partition coefficient (Wildman–Crippen LogP) is 2.05. The van der Waals surface area contributed by atoms with Crippen molar-refractivity contribution in [3.63, 3.8) is 0 Å². The number of para-hydroxylation sites is 1. The number of sulfonamides is 1. The number of fused-ring (bicyclic) bond motifs is 3. The molecule has 0 spiro atoms. The highest BCUT2D eigenvalue weighted by Crippen LogP contribution is 2.27. The third-order valence-corrected chi connectivity index (χ3v) is 6.84. The second kappa shape index (κ2) is 7.79. The van der Waals surface area contributed by atoms with E-state index in [0.29, 0.717) is 24.5 Å². The lowest BCUT2D eigenvalue weighted by atomic mass is 10.0. The van der Waals surface area contributed by atoms with E-state index in [-0.39, 0.29) is 4.90 Å². The van der Waals surface area contributed by atoms with Crippen LogP contribution in [0, 0.1) is 0 Å². The van der Waals surface area contributed by atoms with Gasteiger partial charge in [-0.1, -0.05) is 29.8 Å². The molecule has 0 fully saturated rings. The van der Waals surface area contributed by atoms with Gasteiger partial charge in [0.05, 0.1) is 18.0 Å². The number of H-pyrrole nitrogens is 1. The van der Waals surface area contributed by atoms with E-state index in [1.54, 1.807) is 4.90 Å². The van der Waals surface area contributed by atoms with Gasteiger partial charge in [0.1, 0.15) is 6.04 Å². The fourth-order valence-corrected chi connectivity index (χ4v) is 4.94. The Balaban J connectivity index is 1.52. The molecule has 2 heterocycles. The van der Waals surface area contributed by atoms with E-state index >= 15 is 0 Å². The van der Waals surface area contributed by atoms with Crippen LogP contribution in [0.4, 0.5) is 0 Å². The molecule has 0 aliphatic carbocycles. The van der Waals surface area contributed by atoms with Gasteiger partial charge in [-0.2, -0.15) is 4.72 Å². The van der Waals surface area contributed by atoms with Gasteiger partial charge in [-0.3, -0.25) is 4.79 Å². The molecule has 0 bridgehead atoms. The number of carbonyl (C=O) groups is 1. The highest BCUT2D eigenvalue weighted by atomic mass is 35.5. The van der Waals surface area contributed by atoms with Crippen LogP contribution in [0.15, 0.2) is 53.4 Å². The Morgan fingerprint density at radius 3 is 2.66 bits per heavy atom. The Bertz CT molecular complexity index is 1160. The molecule has 9 heteroatoms. The normalized spacial score (nSPS) is 15.3. The van der Waals surface area contributed by atoms with Crippen LogP contribution in [-0.4, -0.2) is 48.5 Å². The SMILES string of the molecule is O=C([C@H](CO)NS(=O)(=O)c1ccc(Cl)cc1)N1CCc2c([nH]c3ccccc23)C1. The lowest BCUT2D eigenvalue weighted by Gasteiger charge is -2.30. The molecule has 7 nitrogen and oxygen atoms in total. The van der Waals surface area contributed by atoms with Crippen molar-refractivity contribution in [1.29, 1.82) is 0 Å². The van der Waals surface area contributed by atoms with E-state index in [0.717, 1.165) is 16.6 Å². The first-order valence-electron chi connectivity index (χ1n) is 9.15. The number of halogens is 1. The first-order valence-corrected chi connectivity index (χ1v) is 11.0. The molecular formula is C20H20ClN3O4S. The van der Waals surface area contributed by atoms with E-state index in [1.165, 1.54) is 29.8 Å². The van der Waals surface area contributed by atoms with Gasteiger partial charge < -0.3 is 15.0 Å². The largest absolute Gasteiger partial charge is 0.394 e. The predicted molar refractivity (Wildman–Crippen MR) is 110 cm³/mol. The summed E-state index contributed by atoms with van der Waals surface area (Å²) >= 11 is 5.80. The van der Waals surface area contributed by atoms with Gasteiger partial charge in [0.2, 0.25) is 15.9 Å². The van der Waals surface area contributed by atoms with Gasteiger partial charge in [-0.15, -0.1) is 0 Å². The molecule has 3 aromatic rings. The number of nitrogens with zero attached hydrogens (tertiary/aromatic N) is 1. The van der Waals surface area contributed by atoms with Crippen LogP contribution in [-0.2, 0) is 27.8 Å². The van der Waals surface area contributed by atoms with E-state index < -0.39 is 28.6 Å². The molecule has 152 valence electrons. The van der Waals surface area contributed by atoms with Gasteiger partial charge >= 0.3 is 0 Å². The number of aliphatic hydroxyl groups is 1. The molecule has 1 aromatic heterocycles. The number of aliphatic hydroxyl groups excluding tert-OH is 1. The summed E-state index contributed by atoms with van der Waals surface area (Å²) in [6.07, 6.45) is 0.660. The molecule has 2 aromatic carbocycles. The molecule has 1 aliphatic heterocycles. The molecule has 1 amide bonds. The Labute approximate surface area is 173 Å². The molecule has 0 unspecified atom stereocenters. The van der Waals surface area contributed by atoms with Crippen molar-refractivity contribution in [2.24, 2.45) is 0 Å². The van der Waals surface area contributed by atoms with Crippen molar-refractivity contribution in [3.05, 3.63) is 64.8 Å². The summed E-state index contributed by atoms with van der Waals surface area (Å²) < 4.78 is 27.5. The number of carbonyl (C=O) groups excluding carboxylic acids is 1. The molecule has 1 atom stereocenters. The fourth-order valence-electron chi connectivity index (χ4n) is 3.64.